The average molecular weight is 368 g/mol. The zero-order valence-electron chi connectivity index (χ0n) is 12.1. The Morgan fingerprint density at radius 3 is 2.81 bits per heavy atom. The van der Waals surface area contributed by atoms with Gasteiger partial charge in [-0.3, -0.25) is 4.79 Å². The van der Waals surface area contributed by atoms with E-state index in [4.69, 9.17) is 0 Å². The summed E-state index contributed by atoms with van der Waals surface area (Å²) in [6, 6.07) is 5.65. The van der Waals surface area contributed by atoms with Crippen LogP contribution in [0.2, 0.25) is 0 Å². The lowest BCUT2D eigenvalue weighted by molar-refractivity contribution is 0.0951. The lowest BCUT2D eigenvalue weighted by Gasteiger charge is -2.08. The molecule has 2 aromatic heterocycles. The zero-order chi connectivity index (χ0) is 15.2. The molecule has 2 aromatic rings. The lowest BCUT2D eigenvalue weighted by Crippen LogP contribution is -2.22. The van der Waals surface area contributed by atoms with Crippen molar-refractivity contribution in [1.82, 2.24) is 10.3 Å². The SMILES string of the molecule is CCCc1cc(C(=O)NCc2cc(Br)cs2)cc(NC)n1. The van der Waals surface area contributed by atoms with Gasteiger partial charge in [0.15, 0.2) is 0 Å². The molecule has 2 N–H and O–H groups in total. The van der Waals surface area contributed by atoms with Crippen LogP contribution in [0.1, 0.15) is 34.3 Å². The number of carbonyl (C=O) groups is 1. The molecule has 2 rings (SSSR count). The Balaban J connectivity index is 2.08. The highest BCUT2D eigenvalue weighted by atomic mass is 79.9. The van der Waals surface area contributed by atoms with E-state index in [1.807, 2.05) is 24.6 Å². The molecule has 0 aliphatic rings. The number of nitrogens with one attached hydrogen (secondary N) is 2. The van der Waals surface area contributed by atoms with E-state index < -0.39 is 0 Å². The molecular weight excluding hydrogens is 350 g/mol. The Kier molecular flexibility index (Phi) is 5.76. The highest BCUT2D eigenvalue weighted by molar-refractivity contribution is 9.10. The maximum absolute atomic E-state index is 12.3. The number of nitrogens with zero attached hydrogens (tertiary/aromatic N) is 1. The minimum Gasteiger partial charge on any atom is -0.373 e. The third kappa shape index (κ3) is 4.54. The van der Waals surface area contributed by atoms with E-state index in [-0.39, 0.29) is 5.91 Å². The number of pyridine rings is 1. The fourth-order valence-corrected chi connectivity index (χ4v) is 3.34. The third-order valence-corrected chi connectivity index (χ3v) is 4.65. The second-order valence-electron chi connectivity index (χ2n) is 4.65. The summed E-state index contributed by atoms with van der Waals surface area (Å²) in [5.41, 5.74) is 1.58. The molecule has 0 bridgehead atoms. The topological polar surface area (TPSA) is 54.0 Å². The molecule has 0 saturated heterocycles. The summed E-state index contributed by atoms with van der Waals surface area (Å²) in [6.07, 6.45) is 1.87. The van der Waals surface area contributed by atoms with Gasteiger partial charge in [0.25, 0.3) is 5.91 Å². The summed E-state index contributed by atoms with van der Waals surface area (Å²) in [6.45, 7) is 2.64. The van der Waals surface area contributed by atoms with Crippen LogP contribution in [-0.2, 0) is 13.0 Å². The van der Waals surface area contributed by atoms with Crippen LogP contribution >= 0.6 is 27.3 Å². The first kappa shape index (κ1) is 16.0. The van der Waals surface area contributed by atoms with Crippen LogP contribution in [0.15, 0.2) is 28.1 Å². The Bertz CT molecular complexity index is 627. The van der Waals surface area contributed by atoms with E-state index in [1.54, 1.807) is 17.4 Å². The lowest BCUT2D eigenvalue weighted by atomic mass is 10.1. The molecular formula is C15H18BrN3OS. The second-order valence-corrected chi connectivity index (χ2v) is 6.56. The van der Waals surface area contributed by atoms with Gasteiger partial charge in [-0.15, -0.1) is 11.3 Å². The van der Waals surface area contributed by atoms with Crippen molar-refractivity contribution < 1.29 is 4.79 Å². The van der Waals surface area contributed by atoms with E-state index in [9.17, 15) is 4.79 Å². The maximum Gasteiger partial charge on any atom is 0.251 e. The normalized spacial score (nSPS) is 10.4. The van der Waals surface area contributed by atoms with Gasteiger partial charge in [0.1, 0.15) is 5.82 Å². The number of hydrogen-bond donors (Lipinski definition) is 2. The monoisotopic (exact) mass is 367 g/mol. The highest BCUT2D eigenvalue weighted by Gasteiger charge is 2.10. The summed E-state index contributed by atoms with van der Waals surface area (Å²) < 4.78 is 1.04. The summed E-state index contributed by atoms with van der Waals surface area (Å²) in [7, 11) is 1.81. The molecule has 1 amide bonds. The van der Waals surface area contributed by atoms with E-state index >= 15 is 0 Å². The number of carbonyl (C=O) groups excluding carboxylic acids is 1. The number of aryl methyl sites for hydroxylation is 1. The summed E-state index contributed by atoms with van der Waals surface area (Å²) in [5, 5.41) is 7.95. The molecule has 112 valence electrons. The van der Waals surface area contributed by atoms with Gasteiger partial charge in [0.05, 0.1) is 6.54 Å². The van der Waals surface area contributed by atoms with E-state index in [0.29, 0.717) is 12.1 Å². The molecule has 6 heteroatoms. The Morgan fingerprint density at radius 2 is 2.19 bits per heavy atom. The molecule has 0 fully saturated rings. The molecule has 0 aromatic carbocycles. The van der Waals surface area contributed by atoms with E-state index in [1.165, 1.54) is 0 Å². The van der Waals surface area contributed by atoms with Crippen molar-refractivity contribution in [3.05, 3.63) is 44.2 Å². The molecule has 21 heavy (non-hydrogen) atoms. The molecule has 0 aliphatic carbocycles. The van der Waals surface area contributed by atoms with Gasteiger partial charge in [-0.05, 0) is 40.5 Å². The van der Waals surface area contributed by atoms with Crippen molar-refractivity contribution in [2.45, 2.75) is 26.3 Å². The first-order chi connectivity index (χ1) is 10.1. The van der Waals surface area contributed by atoms with Crippen molar-refractivity contribution in [3.8, 4) is 0 Å². The van der Waals surface area contributed by atoms with Crippen LogP contribution in [0.5, 0.6) is 0 Å². The number of halogens is 1. The highest BCUT2D eigenvalue weighted by Crippen LogP contribution is 2.19. The van der Waals surface area contributed by atoms with Gasteiger partial charge in [0, 0.05) is 33.0 Å². The van der Waals surface area contributed by atoms with Crippen LogP contribution in [0.4, 0.5) is 5.82 Å². The van der Waals surface area contributed by atoms with Gasteiger partial charge in [-0.2, -0.15) is 0 Å². The third-order valence-electron chi connectivity index (χ3n) is 2.95. The van der Waals surface area contributed by atoms with Crippen LogP contribution in [0.3, 0.4) is 0 Å². The predicted octanol–water partition coefficient (Wildman–Crippen LogP) is 3.83. The first-order valence-electron chi connectivity index (χ1n) is 6.82. The largest absolute Gasteiger partial charge is 0.373 e. The number of rotatable bonds is 6. The predicted molar refractivity (Wildman–Crippen MR) is 91.0 cm³/mol. The Hall–Kier alpha value is -1.40. The van der Waals surface area contributed by atoms with Gasteiger partial charge in [-0.25, -0.2) is 4.98 Å². The number of hydrogen-bond acceptors (Lipinski definition) is 4. The maximum atomic E-state index is 12.3. The minimum absolute atomic E-state index is 0.0734. The van der Waals surface area contributed by atoms with Crippen molar-refractivity contribution in [3.63, 3.8) is 0 Å². The van der Waals surface area contributed by atoms with Gasteiger partial charge in [0.2, 0.25) is 0 Å². The summed E-state index contributed by atoms with van der Waals surface area (Å²) in [4.78, 5) is 17.8. The van der Waals surface area contributed by atoms with Crippen LogP contribution in [-0.4, -0.2) is 17.9 Å². The molecule has 0 spiro atoms. The molecule has 0 aliphatic heterocycles. The molecule has 0 saturated carbocycles. The molecule has 0 radical (unpaired) electrons. The van der Waals surface area contributed by atoms with E-state index in [2.05, 4.69) is 38.5 Å². The summed E-state index contributed by atoms with van der Waals surface area (Å²) >= 11 is 5.03. The number of anilines is 1. The fraction of sp³-hybridized carbons (Fsp3) is 0.333. The molecule has 0 atom stereocenters. The molecule has 4 nitrogen and oxygen atoms in total. The second kappa shape index (κ2) is 7.56. The van der Waals surface area contributed by atoms with Crippen molar-refractivity contribution >= 4 is 39.0 Å². The number of amides is 1. The van der Waals surface area contributed by atoms with Crippen LogP contribution < -0.4 is 10.6 Å². The first-order valence-corrected chi connectivity index (χ1v) is 8.49. The van der Waals surface area contributed by atoms with Crippen molar-refractivity contribution in [2.24, 2.45) is 0 Å². The van der Waals surface area contributed by atoms with Gasteiger partial charge in [-0.1, -0.05) is 13.3 Å². The smallest absolute Gasteiger partial charge is 0.251 e. The quantitative estimate of drug-likeness (QED) is 0.815. The van der Waals surface area contributed by atoms with Crippen molar-refractivity contribution in [1.29, 1.82) is 0 Å². The molecule has 2 heterocycles. The average Bonchev–Trinajstić information content (AvgIpc) is 2.90. The summed E-state index contributed by atoms with van der Waals surface area (Å²) in [5.74, 6) is 0.653. The Labute approximate surface area is 137 Å². The van der Waals surface area contributed by atoms with Crippen LogP contribution in [0, 0.1) is 0 Å². The Morgan fingerprint density at radius 1 is 1.38 bits per heavy atom. The number of aromatic nitrogens is 1. The zero-order valence-corrected chi connectivity index (χ0v) is 14.5. The number of thiophene rings is 1. The standard InChI is InChI=1S/C15H18BrN3OS/c1-3-4-12-5-10(6-14(17-2)19-12)15(20)18-8-13-7-11(16)9-21-13/h5-7,9H,3-4,8H2,1-2H3,(H,17,19)(H,18,20). The van der Waals surface area contributed by atoms with Crippen molar-refractivity contribution in [2.75, 3.05) is 12.4 Å². The van der Waals surface area contributed by atoms with Crippen LogP contribution in [0.25, 0.3) is 0 Å². The van der Waals surface area contributed by atoms with Gasteiger partial charge >= 0.3 is 0 Å². The fourth-order valence-electron chi connectivity index (χ4n) is 1.95. The van der Waals surface area contributed by atoms with Gasteiger partial charge < -0.3 is 10.6 Å². The molecule has 0 unspecified atom stereocenters. The minimum atomic E-state index is -0.0734. The van der Waals surface area contributed by atoms with E-state index in [0.717, 1.165) is 33.7 Å².